The number of aliphatic hydroxyl groups is 1. The minimum atomic E-state index is -1.57. The predicted octanol–water partition coefficient (Wildman–Crippen LogP) is -0.814. The highest BCUT2D eigenvalue weighted by Crippen LogP contribution is 1.96. The van der Waals surface area contributed by atoms with Gasteiger partial charge in [0.15, 0.2) is 6.10 Å². The maximum Gasteiger partial charge on any atom is 0.334 e. The lowest BCUT2D eigenvalue weighted by molar-refractivity contribution is -0.146. The van der Waals surface area contributed by atoms with E-state index >= 15 is 0 Å². The van der Waals surface area contributed by atoms with Gasteiger partial charge in [-0.2, -0.15) is 0 Å². The smallest absolute Gasteiger partial charge is 0.334 e. The van der Waals surface area contributed by atoms with E-state index in [-0.39, 0.29) is 18.9 Å². The van der Waals surface area contributed by atoms with Crippen molar-refractivity contribution in [3.05, 3.63) is 30.1 Å². The second kappa shape index (κ2) is 5.82. The fourth-order valence-electron chi connectivity index (χ4n) is 1.05. The number of hydrogen-bond acceptors (Lipinski definition) is 4. The van der Waals surface area contributed by atoms with Gasteiger partial charge in [-0.15, -0.1) is 0 Å². The van der Waals surface area contributed by atoms with Crippen LogP contribution in [0.25, 0.3) is 0 Å². The molecule has 0 saturated carbocycles. The van der Waals surface area contributed by atoms with E-state index < -0.39 is 12.1 Å². The second-order valence-corrected chi connectivity index (χ2v) is 3.20. The first-order valence-electron chi connectivity index (χ1n) is 4.66. The Morgan fingerprint density at radius 1 is 1.50 bits per heavy atom. The van der Waals surface area contributed by atoms with Crippen LogP contribution in [0.4, 0.5) is 0 Å². The van der Waals surface area contributed by atoms with E-state index in [1.165, 1.54) is 0 Å². The summed E-state index contributed by atoms with van der Waals surface area (Å²) in [6.07, 6.45) is 1.68. The van der Waals surface area contributed by atoms with E-state index in [9.17, 15) is 9.59 Å². The van der Waals surface area contributed by atoms with Crippen molar-refractivity contribution in [2.45, 2.75) is 12.5 Å². The molecule has 1 rings (SSSR count). The van der Waals surface area contributed by atoms with Crippen LogP contribution in [-0.4, -0.2) is 39.7 Å². The quantitative estimate of drug-likeness (QED) is 0.607. The van der Waals surface area contributed by atoms with Gasteiger partial charge in [-0.25, -0.2) is 4.79 Å². The molecule has 6 nitrogen and oxygen atoms in total. The summed E-state index contributed by atoms with van der Waals surface area (Å²) in [7, 11) is 0. The zero-order chi connectivity index (χ0) is 12.0. The number of nitrogens with zero attached hydrogens (tertiary/aromatic N) is 1. The first kappa shape index (κ1) is 12.1. The fourth-order valence-corrected chi connectivity index (χ4v) is 1.05. The van der Waals surface area contributed by atoms with Crippen molar-refractivity contribution >= 4 is 11.9 Å². The van der Waals surface area contributed by atoms with Gasteiger partial charge in [0.25, 0.3) is 0 Å². The van der Waals surface area contributed by atoms with Gasteiger partial charge in [-0.05, 0) is 11.6 Å². The molecule has 0 spiro atoms. The number of pyridine rings is 1. The zero-order valence-electron chi connectivity index (χ0n) is 8.46. The number of rotatable bonds is 5. The molecule has 1 amide bonds. The van der Waals surface area contributed by atoms with Gasteiger partial charge < -0.3 is 15.5 Å². The lowest BCUT2D eigenvalue weighted by Gasteiger charge is -2.07. The van der Waals surface area contributed by atoms with Crippen LogP contribution in [0.5, 0.6) is 0 Å². The van der Waals surface area contributed by atoms with Gasteiger partial charge >= 0.3 is 5.97 Å². The Hall–Kier alpha value is -1.95. The highest BCUT2D eigenvalue weighted by Gasteiger charge is 2.13. The fraction of sp³-hybridized carbons (Fsp3) is 0.300. The molecule has 0 aliphatic rings. The standard InChI is InChI=1S/C10H12N2O4/c13-8(10(15)16)6-12-9(14)4-7-2-1-3-11-5-7/h1-3,5,8,13H,4,6H2,(H,12,14)(H,15,16). The molecule has 0 aliphatic carbocycles. The number of carboxylic acids is 1. The summed E-state index contributed by atoms with van der Waals surface area (Å²) in [4.78, 5) is 25.4. The van der Waals surface area contributed by atoms with Crippen molar-refractivity contribution in [1.82, 2.24) is 10.3 Å². The minimum absolute atomic E-state index is 0.111. The van der Waals surface area contributed by atoms with Crippen LogP contribution in [0.15, 0.2) is 24.5 Å². The van der Waals surface area contributed by atoms with E-state index in [2.05, 4.69) is 10.3 Å². The molecule has 0 saturated heterocycles. The third kappa shape index (κ3) is 4.05. The van der Waals surface area contributed by atoms with Gasteiger partial charge in [-0.1, -0.05) is 6.07 Å². The van der Waals surface area contributed by atoms with E-state index in [1.807, 2.05) is 0 Å². The second-order valence-electron chi connectivity index (χ2n) is 3.20. The third-order valence-corrected chi connectivity index (χ3v) is 1.87. The molecule has 1 heterocycles. The number of hydrogen-bond donors (Lipinski definition) is 3. The van der Waals surface area contributed by atoms with Crippen molar-refractivity contribution in [3.63, 3.8) is 0 Å². The molecule has 86 valence electrons. The Morgan fingerprint density at radius 2 is 2.25 bits per heavy atom. The summed E-state index contributed by atoms with van der Waals surface area (Å²) in [6.45, 7) is -0.297. The van der Waals surface area contributed by atoms with Crippen LogP contribution in [0, 0.1) is 0 Å². The molecule has 0 aromatic carbocycles. The summed E-state index contributed by atoms with van der Waals surface area (Å²) >= 11 is 0. The first-order chi connectivity index (χ1) is 7.59. The molecule has 0 aliphatic heterocycles. The van der Waals surface area contributed by atoms with Crippen LogP contribution in [-0.2, 0) is 16.0 Å². The van der Waals surface area contributed by atoms with E-state index in [0.717, 1.165) is 5.56 Å². The highest BCUT2D eigenvalue weighted by atomic mass is 16.4. The summed E-state index contributed by atoms with van der Waals surface area (Å²) in [5.41, 5.74) is 0.727. The van der Waals surface area contributed by atoms with Crippen molar-refractivity contribution < 1.29 is 19.8 Å². The maximum atomic E-state index is 11.3. The molecule has 1 aromatic heterocycles. The lowest BCUT2D eigenvalue weighted by Crippen LogP contribution is -2.37. The summed E-state index contributed by atoms with van der Waals surface area (Å²) in [6, 6.07) is 3.44. The normalized spacial score (nSPS) is 11.8. The van der Waals surface area contributed by atoms with Crippen molar-refractivity contribution in [2.75, 3.05) is 6.54 Å². The predicted molar refractivity (Wildman–Crippen MR) is 54.6 cm³/mol. The molecule has 0 radical (unpaired) electrons. The van der Waals surface area contributed by atoms with Crippen molar-refractivity contribution in [3.8, 4) is 0 Å². The number of carbonyl (C=O) groups excluding carboxylic acids is 1. The maximum absolute atomic E-state index is 11.3. The molecular formula is C10H12N2O4. The monoisotopic (exact) mass is 224 g/mol. The van der Waals surface area contributed by atoms with Crippen LogP contribution in [0.3, 0.4) is 0 Å². The summed E-state index contributed by atoms with van der Waals surface area (Å²) in [5, 5.41) is 19.6. The SMILES string of the molecule is O=C(Cc1cccnc1)NCC(O)C(=O)O. The average Bonchev–Trinajstić information content (AvgIpc) is 2.27. The highest BCUT2D eigenvalue weighted by molar-refractivity contribution is 5.79. The number of carbonyl (C=O) groups is 2. The van der Waals surface area contributed by atoms with Crippen LogP contribution in [0.2, 0.25) is 0 Å². The van der Waals surface area contributed by atoms with Crippen molar-refractivity contribution in [2.24, 2.45) is 0 Å². The molecule has 0 fully saturated rings. The Labute approximate surface area is 91.9 Å². The van der Waals surface area contributed by atoms with Crippen LogP contribution in [0.1, 0.15) is 5.56 Å². The van der Waals surface area contributed by atoms with E-state index in [1.54, 1.807) is 24.5 Å². The molecule has 1 aromatic rings. The number of amides is 1. The van der Waals surface area contributed by atoms with E-state index in [4.69, 9.17) is 10.2 Å². The molecule has 0 bridgehead atoms. The molecule has 1 atom stereocenters. The largest absolute Gasteiger partial charge is 0.479 e. The topological polar surface area (TPSA) is 99.5 Å². The summed E-state index contributed by atoms with van der Waals surface area (Å²) in [5.74, 6) is -1.71. The van der Waals surface area contributed by atoms with Gasteiger partial charge in [-0.3, -0.25) is 9.78 Å². The number of aliphatic carboxylic acids is 1. The van der Waals surface area contributed by atoms with Gasteiger partial charge in [0, 0.05) is 12.4 Å². The lowest BCUT2D eigenvalue weighted by atomic mass is 10.2. The Morgan fingerprint density at radius 3 is 2.81 bits per heavy atom. The number of carboxylic acid groups (broad SMARTS) is 1. The molecule has 1 unspecified atom stereocenters. The number of aliphatic hydroxyl groups excluding tert-OH is 1. The molecular weight excluding hydrogens is 212 g/mol. The molecule has 16 heavy (non-hydrogen) atoms. The van der Waals surface area contributed by atoms with Crippen LogP contribution >= 0.6 is 0 Å². The zero-order valence-corrected chi connectivity index (χ0v) is 8.46. The number of nitrogens with one attached hydrogen (secondary N) is 1. The van der Waals surface area contributed by atoms with Crippen LogP contribution < -0.4 is 5.32 Å². The van der Waals surface area contributed by atoms with Gasteiger partial charge in [0.2, 0.25) is 5.91 Å². The van der Waals surface area contributed by atoms with Crippen molar-refractivity contribution in [1.29, 1.82) is 0 Å². The first-order valence-corrected chi connectivity index (χ1v) is 4.66. The third-order valence-electron chi connectivity index (χ3n) is 1.87. The Balaban J connectivity index is 2.35. The Bertz CT molecular complexity index is 366. The minimum Gasteiger partial charge on any atom is -0.479 e. The van der Waals surface area contributed by atoms with Gasteiger partial charge in [0.05, 0.1) is 13.0 Å². The summed E-state index contributed by atoms with van der Waals surface area (Å²) < 4.78 is 0. The van der Waals surface area contributed by atoms with Gasteiger partial charge in [0.1, 0.15) is 0 Å². The van der Waals surface area contributed by atoms with E-state index in [0.29, 0.717) is 0 Å². The Kier molecular flexibility index (Phi) is 4.41. The number of aromatic nitrogens is 1. The molecule has 6 heteroatoms. The molecule has 3 N–H and O–H groups in total. The average molecular weight is 224 g/mol.